The van der Waals surface area contributed by atoms with Gasteiger partial charge in [0.15, 0.2) is 11.5 Å². The molecule has 0 bridgehead atoms. The normalized spacial score (nSPS) is 15.2. The van der Waals surface area contributed by atoms with Crippen LogP contribution in [0.1, 0.15) is 23.8 Å². The van der Waals surface area contributed by atoms with Crippen LogP contribution in [0, 0.1) is 6.92 Å². The standard InChI is InChI=1S/C17H14N4O2/c1-9-7-15-20-17(22)13(16(18)21(15)23-9)8-12-10(2)19-14-6-4-3-5-11(12)14/h3-8H,18H2,1-2H3. The lowest BCUT2D eigenvalue weighted by molar-refractivity contribution is 0.358. The topological polar surface area (TPSA) is 85.9 Å². The molecule has 3 aromatic rings. The summed E-state index contributed by atoms with van der Waals surface area (Å²) in [6.07, 6.45) is 1.74. The average molecular weight is 306 g/mol. The molecule has 0 spiro atoms. The van der Waals surface area contributed by atoms with Crippen LogP contribution < -0.4 is 11.3 Å². The van der Waals surface area contributed by atoms with E-state index in [4.69, 9.17) is 10.3 Å². The number of nitrogens with zero attached hydrogens (tertiary/aromatic N) is 3. The van der Waals surface area contributed by atoms with Crippen molar-refractivity contribution in [3.63, 3.8) is 0 Å². The number of hydrogen-bond donors (Lipinski definition) is 1. The number of aryl methyl sites for hydroxylation is 1. The number of aliphatic imine (C=N–C) groups is 1. The van der Waals surface area contributed by atoms with Crippen molar-refractivity contribution >= 4 is 34.5 Å². The maximum atomic E-state index is 12.3. The van der Waals surface area contributed by atoms with Crippen molar-refractivity contribution in [2.24, 2.45) is 4.99 Å². The predicted molar refractivity (Wildman–Crippen MR) is 90.0 cm³/mol. The summed E-state index contributed by atoms with van der Waals surface area (Å²) >= 11 is 0. The maximum Gasteiger partial charge on any atom is 0.282 e. The number of para-hydroxylation sites is 1. The largest absolute Gasteiger partial charge is 0.382 e. The van der Waals surface area contributed by atoms with Gasteiger partial charge in [0.2, 0.25) is 0 Å². The molecular weight excluding hydrogens is 292 g/mol. The highest BCUT2D eigenvalue weighted by Crippen LogP contribution is 2.35. The van der Waals surface area contributed by atoms with Crippen LogP contribution in [0.15, 0.2) is 44.6 Å². The van der Waals surface area contributed by atoms with Crippen LogP contribution in [0.3, 0.4) is 0 Å². The van der Waals surface area contributed by atoms with Crippen molar-refractivity contribution < 1.29 is 4.52 Å². The molecular formula is C17H14N4O2. The molecule has 0 saturated heterocycles. The molecule has 0 fully saturated rings. The van der Waals surface area contributed by atoms with Crippen molar-refractivity contribution in [1.82, 2.24) is 9.56 Å². The minimum atomic E-state index is -0.381. The Bertz CT molecular complexity index is 1070. The average Bonchev–Trinajstić information content (AvgIpc) is 3.03. The molecule has 23 heavy (non-hydrogen) atoms. The van der Waals surface area contributed by atoms with E-state index in [1.54, 1.807) is 19.1 Å². The van der Waals surface area contributed by atoms with Crippen LogP contribution in [-0.2, 0) is 0 Å². The molecule has 114 valence electrons. The van der Waals surface area contributed by atoms with E-state index in [-0.39, 0.29) is 11.4 Å². The van der Waals surface area contributed by atoms with Crippen LogP contribution >= 0.6 is 0 Å². The van der Waals surface area contributed by atoms with E-state index < -0.39 is 0 Å². The van der Waals surface area contributed by atoms with E-state index in [0.717, 1.165) is 22.5 Å². The molecule has 1 aliphatic rings. The quantitative estimate of drug-likeness (QED) is 0.749. The monoisotopic (exact) mass is 306 g/mol. The Morgan fingerprint density at radius 2 is 2.04 bits per heavy atom. The number of fused-ring (bicyclic) bond motifs is 2. The molecule has 1 aromatic carbocycles. The molecule has 0 aliphatic carbocycles. The molecule has 3 heterocycles. The third kappa shape index (κ3) is 1.99. The zero-order valence-corrected chi connectivity index (χ0v) is 12.7. The van der Waals surface area contributed by atoms with Gasteiger partial charge in [-0.05, 0) is 26.0 Å². The van der Waals surface area contributed by atoms with Gasteiger partial charge in [0.1, 0.15) is 5.76 Å². The molecule has 1 aliphatic heterocycles. The van der Waals surface area contributed by atoms with Crippen molar-refractivity contribution in [2.75, 3.05) is 5.73 Å². The van der Waals surface area contributed by atoms with Gasteiger partial charge in [-0.15, -0.1) is 4.57 Å². The second-order valence-corrected chi connectivity index (χ2v) is 5.49. The Hall–Kier alpha value is -3.15. The Labute approximate surface area is 131 Å². The van der Waals surface area contributed by atoms with E-state index in [1.807, 2.05) is 31.2 Å². The summed E-state index contributed by atoms with van der Waals surface area (Å²) in [5.41, 5.74) is 10.0. The lowest BCUT2D eigenvalue weighted by Gasteiger charge is -2.04. The van der Waals surface area contributed by atoms with Gasteiger partial charge < -0.3 is 10.3 Å². The minimum absolute atomic E-state index is 0.234. The highest BCUT2D eigenvalue weighted by molar-refractivity contribution is 6.31. The van der Waals surface area contributed by atoms with Gasteiger partial charge in [0, 0.05) is 22.9 Å². The molecule has 0 atom stereocenters. The minimum Gasteiger partial charge on any atom is -0.382 e. The predicted octanol–water partition coefficient (Wildman–Crippen LogP) is 2.82. The van der Waals surface area contributed by atoms with Crippen LogP contribution in [0.5, 0.6) is 0 Å². The van der Waals surface area contributed by atoms with Crippen LogP contribution in [0.4, 0.5) is 11.5 Å². The Kier molecular flexibility index (Phi) is 2.74. The summed E-state index contributed by atoms with van der Waals surface area (Å²) in [5.74, 6) is 0.870. The van der Waals surface area contributed by atoms with Crippen molar-refractivity contribution in [3.8, 4) is 0 Å². The zero-order chi connectivity index (χ0) is 16.1. The van der Waals surface area contributed by atoms with E-state index in [9.17, 15) is 4.79 Å². The van der Waals surface area contributed by atoms with Crippen LogP contribution in [0.25, 0.3) is 17.3 Å². The molecule has 0 saturated carbocycles. The summed E-state index contributed by atoms with van der Waals surface area (Å²) in [4.78, 5) is 20.9. The first-order valence-electron chi connectivity index (χ1n) is 7.20. The summed E-state index contributed by atoms with van der Waals surface area (Å²) in [6, 6.07) is 9.45. The summed E-state index contributed by atoms with van der Waals surface area (Å²) in [7, 11) is 0. The smallest absolute Gasteiger partial charge is 0.282 e. The van der Waals surface area contributed by atoms with E-state index in [2.05, 4.69) is 9.98 Å². The first-order valence-corrected chi connectivity index (χ1v) is 7.20. The number of nitrogen functional groups attached to an aromatic ring is 1. The van der Waals surface area contributed by atoms with Crippen molar-refractivity contribution in [1.29, 1.82) is 0 Å². The molecule has 0 unspecified atom stereocenters. The van der Waals surface area contributed by atoms with Gasteiger partial charge in [-0.3, -0.25) is 9.79 Å². The second kappa shape index (κ2) is 4.67. The fraction of sp³-hybridized carbons (Fsp3) is 0.118. The molecule has 0 amide bonds. The number of aromatic nitrogens is 2. The summed E-state index contributed by atoms with van der Waals surface area (Å²) < 4.78 is 6.86. The Balaban J connectivity index is 1.98. The lowest BCUT2D eigenvalue weighted by Crippen LogP contribution is -2.16. The third-order valence-electron chi connectivity index (χ3n) is 3.88. The Morgan fingerprint density at radius 3 is 2.87 bits per heavy atom. The maximum absolute atomic E-state index is 12.3. The highest BCUT2D eigenvalue weighted by Gasteiger charge is 2.19. The molecule has 6 nitrogen and oxygen atoms in total. The zero-order valence-electron chi connectivity index (χ0n) is 12.7. The number of rotatable bonds is 1. The third-order valence-corrected chi connectivity index (χ3v) is 3.88. The number of anilines is 1. The molecule has 2 aromatic heterocycles. The van der Waals surface area contributed by atoms with E-state index in [1.165, 1.54) is 4.57 Å². The lowest BCUT2D eigenvalue weighted by atomic mass is 10.0. The highest BCUT2D eigenvalue weighted by atomic mass is 16.5. The van der Waals surface area contributed by atoms with Crippen molar-refractivity contribution in [3.05, 3.63) is 57.6 Å². The number of allylic oxidation sites excluding steroid dienone is 1. The first kappa shape index (κ1) is 13.5. The Morgan fingerprint density at radius 1 is 1.26 bits per heavy atom. The molecule has 2 N–H and O–H groups in total. The van der Waals surface area contributed by atoms with Gasteiger partial charge in [-0.2, -0.15) is 4.98 Å². The second-order valence-electron chi connectivity index (χ2n) is 5.49. The molecule has 6 heteroatoms. The van der Waals surface area contributed by atoms with Gasteiger partial charge in [0.25, 0.3) is 5.56 Å². The fourth-order valence-corrected chi connectivity index (χ4v) is 2.79. The fourth-order valence-electron chi connectivity index (χ4n) is 2.79. The van der Waals surface area contributed by atoms with Crippen LogP contribution in [0.2, 0.25) is 0 Å². The van der Waals surface area contributed by atoms with Crippen LogP contribution in [-0.4, -0.2) is 15.3 Å². The summed E-state index contributed by atoms with van der Waals surface area (Å²) in [5, 5.41) is 0. The van der Waals surface area contributed by atoms with Gasteiger partial charge >= 0.3 is 0 Å². The SMILES string of the molecule is CC1=Nc2ccccc2C1=Cc1c(N)n2oc(C)cc2nc1=O. The first-order chi connectivity index (χ1) is 11.0. The van der Waals surface area contributed by atoms with E-state index >= 15 is 0 Å². The number of benzene rings is 1. The molecule has 4 rings (SSSR count). The number of hydrogen-bond acceptors (Lipinski definition) is 5. The molecule has 0 radical (unpaired) electrons. The van der Waals surface area contributed by atoms with Crippen molar-refractivity contribution in [2.45, 2.75) is 13.8 Å². The van der Waals surface area contributed by atoms with Gasteiger partial charge in [-0.1, -0.05) is 18.2 Å². The van der Waals surface area contributed by atoms with Gasteiger partial charge in [-0.25, -0.2) is 0 Å². The summed E-state index contributed by atoms with van der Waals surface area (Å²) in [6.45, 7) is 3.68. The number of nitrogens with two attached hydrogens (primary N) is 1. The van der Waals surface area contributed by atoms with Gasteiger partial charge in [0.05, 0.1) is 11.3 Å². The van der Waals surface area contributed by atoms with E-state index in [0.29, 0.717) is 17.0 Å².